The number of anilines is 2. The summed E-state index contributed by atoms with van der Waals surface area (Å²) in [6.45, 7) is 1.88. The molecule has 3 N–H and O–H groups in total. The minimum Gasteiger partial charge on any atom is -0.464 e. The van der Waals surface area contributed by atoms with Crippen molar-refractivity contribution in [3.8, 4) is 23.5 Å². The summed E-state index contributed by atoms with van der Waals surface area (Å²) in [5, 5.41) is 24.2. The monoisotopic (exact) mass is 453 g/mol. The lowest BCUT2D eigenvalue weighted by Crippen LogP contribution is -2.25. The second kappa shape index (κ2) is 9.47. The Kier molecular flexibility index (Phi) is 6.30. The van der Waals surface area contributed by atoms with Gasteiger partial charge in [-0.25, -0.2) is 4.98 Å². The van der Waals surface area contributed by atoms with E-state index in [0.717, 1.165) is 22.5 Å². The van der Waals surface area contributed by atoms with E-state index in [1.165, 1.54) is 6.26 Å². The minimum absolute atomic E-state index is 0.0188. The van der Waals surface area contributed by atoms with Crippen LogP contribution in [0.4, 0.5) is 11.5 Å². The van der Waals surface area contributed by atoms with Crippen molar-refractivity contribution in [1.29, 1.82) is 10.5 Å². The molecule has 8 heteroatoms. The minimum atomic E-state index is -0.541. The van der Waals surface area contributed by atoms with Crippen LogP contribution in [0.25, 0.3) is 22.1 Å². The van der Waals surface area contributed by atoms with Crippen LogP contribution >= 0.6 is 11.8 Å². The van der Waals surface area contributed by atoms with Crippen molar-refractivity contribution in [2.24, 2.45) is 0 Å². The number of nitrogens with two attached hydrogens (primary N) is 1. The first-order valence-corrected chi connectivity index (χ1v) is 11.1. The van der Waals surface area contributed by atoms with Gasteiger partial charge in [0.05, 0.1) is 22.6 Å². The first kappa shape index (κ1) is 21.9. The Morgan fingerprint density at radius 1 is 1.12 bits per heavy atom. The molecule has 0 spiro atoms. The Bertz CT molecular complexity index is 1410. The number of thioether (sulfide) groups is 1. The molecule has 33 heavy (non-hydrogen) atoms. The van der Waals surface area contributed by atoms with Gasteiger partial charge in [0, 0.05) is 11.1 Å². The number of furan rings is 1. The molecule has 1 atom stereocenters. The molecule has 0 aliphatic rings. The molecule has 4 aromatic rings. The van der Waals surface area contributed by atoms with Crippen LogP contribution in [-0.2, 0) is 4.79 Å². The first-order chi connectivity index (χ1) is 16.1. The summed E-state index contributed by atoms with van der Waals surface area (Å²) < 4.78 is 5.44. The third-order valence-corrected chi connectivity index (χ3v) is 6.50. The number of nitrogens with one attached hydrogen (secondary N) is 1. The zero-order chi connectivity index (χ0) is 23.4. The number of fused-ring (bicyclic) bond motifs is 1. The molecule has 0 aliphatic heterocycles. The number of rotatable bonds is 6. The van der Waals surface area contributed by atoms with Gasteiger partial charge in [-0.15, -0.1) is 0 Å². The van der Waals surface area contributed by atoms with Crippen molar-refractivity contribution >= 4 is 39.9 Å². The number of hydrogen-bond donors (Lipinski definition) is 2. The lowest BCUT2D eigenvalue weighted by atomic mass is 10.0. The van der Waals surface area contributed by atoms with Crippen LogP contribution < -0.4 is 11.1 Å². The molecule has 2 heterocycles. The molecular weight excluding hydrogens is 434 g/mol. The Balaban J connectivity index is 1.69. The number of pyridine rings is 1. The molecule has 0 radical (unpaired) electrons. The van der Waals surface area contributed by atoms with Crippen LogP contribution in [-0.4, -0.2) is 16.1 Å². The molecule has 7 nitrogen and oxygen atoms in total. The topological polar surface area (TPSA) is 129 Å². The summed E-state index contributed by atoms with van der Waals surface area (Å²) in [5.41, 5.74) is 7.25. The number of carbonyl (C=O) groups excluding carboxylic acids is 1. The van der Waals surface area contributed by atoms with Crippen LogP contribution in [0.3, 0.4) is 0 Å². The summed E-state index contributed by atoms with van der Waals surface area (Å²) in [4.78, 5) is 17.5. The van der Waals surface area contributed by atoms with Crippen molar-refractivity contribution in [1.82, 2.24) is 4.98 Å². The van der Waals surface area contributed by atoms with Gasteiger partial charge in [-0.2, -0.15) is 10.5 Å². The maximum Gasteiger partial charge on any atom is 0.237 e. The molecule has 1 unspecified atom stereocenters. The second-order valence-electron chi connectivity index (χ2n) is 7.16. The summed E-state index contributed by atoms with van der Waals surface area (Å²) in [7, 11) is 0. The molecule has 2 aromatic heterocycles. The molecule has 0 saturated heterocycles. The third-order valence-electron chi connectivity index (χ3n) is 5.15. The lowest BCUT2D eigenvalue weighted by Gasteiger charge is -2.17. The summed E-state index contributed by atoms with van der Waals surface area (Å²) in [5.74, 6) is 0.106. The van der Waals surface area contributed by atoms with Crippen molar-refractivity contribution < 1.29 is 9.21 Å². The number of hydrogen-bond acceptors (Lipinski definition) is 7. The molecule has 162 valence electrons. The van der Waals surface area contributed by atoms with Gasteiger partial charge in [-0.1, -0.05) is 55.1 Å². The SMILES string of the molecule is CCC(Sc1nc(N)c(C#N)c(-c2ccco2)c1C#N)C(=O)Nc1cccc2ccccc12. The molecular formula is C25H19N5O2S. The number of nitrogens with zero attached hydrogens (tertiary/aromatic N) is 3. The maximum absolute atomic E-state index is 13.2. The number of aromatic nitrogens is 1. The van der Waals surface area contributed by atoms with Crippen LogP contribution in [0.5, 0.6) is 0 Å². The average Bonchev–Trinajstić information content (AvgIpc) is 3.37. The van der Waals surface area contributed by atoms with Crippen LogP contribution in [0.1, 0.15) is 24.5 Å². The fourth-order valence-corrected chi connectivity index (χ4v) is 4.57. The van der Waals surface area contributed by atoms with Gasteiger partial charge in [0.2, 0.25) is 5.91 Å². The van der Waals surface area contributed by atoms with E-state index in [2.05, 4.69) is 16.4 Å². The number of carbonyl (C=O) groups is 1. The summed E-state index contributed by atoms with van der Waals surface area (Å²) in [6, 6.07) is 20.9. The Morgan fingerprint density at radius 2 is 1.88 bits per heavy atom. The van der Waals surface area contributed by atoms with Crippen LogP contribution in [0.2, 0.25) is 0 Å². The molecule has 0 bridgehead atoms. The highest BCUT2D eigenvalue weighted by atomic mass is 32.2. The molecule has 0 aliphatic carbocycles. The fourth-order valence-electron chi connectivity index (χ4n) is 3.56. The normalized spacial score (nSPS) is 11.5. The van der Waals surface area contributed by atoms with E-state index in [1.807, 2.05) is 55.5 Å². The first-order valence-electron chi connectivity index (χ1n) is 10.2. The zero-order valence-corrected chi connectivity index (χ0v) is 18.5. The largest absolute Gasteiger partial charge is 0.464 e. The van der Waals surface area contributed by atoms with E-state index < -0.39 is 5.25 Å². The van der Waals surface area contributed by atoms with E-state index in [0.29, 0.717) is 17.9 Å². The van der Waals surface area contributed by atoms with Crippen molar-refractivity contribution in [3.63, 3.8) is 0 Å². The second-order valence-corrected chi connectivity index (χ2v) is 8.35. The number of nitriles is 2. The number of amides is 1. The van der Waals surface area contributed by atoms with Gasteiger partial charge in [-0.05, 0) is 30.0 Å². The smallest absolute Gasteiger partial charge is 0.237 e. The highest BCUT2D eigenvalue weighted by Gasteiger charge is 2.26. The predicted molar refractivity (Wildman–Crippen MR) is 128 cm³/mol. The predicted octanol–water partition coefficient (Wildman–Crippen LogP) is 5.33. The molecule has 0 saturated carbocycles. The van der Waals surface area contributed by atoms with Crippen molar-refractivity contribution in [3.05, 3.63) is 72.0 Å². The number of benzene rings is 2. The van der Waals surface area contributed by atoms with Gasteiger partial charge < -0.3 is 15.5 Å². The molecule has 4 rings (SSSR count). The highest BCUT2D eigenvalue weighted by molar-refractivity contribution is 8.00. The van der Waals surface area contributed by atoms with Gasteiger partial charge in [0.15, 0.2) is 0 Å². The maximum atomic E-state index is 13.2. The van der Waals surface area contributed by atoms with E-state index in [9.17, 15) is 15.3 Å². The molecule has 2 aromatic carbocycles. The van der Waals surface area contributed by atoms with Crippen LogP contribution in [0, 0.1) is 22.7 Å². The van der Waals surface area contributed by atoms with E-state index in [4.69, 9.17) is 10.2 Å². The Labute approximate surface area is 194 Å². The molecule has 0 fully saturated rings. The fraction of sp³-hybridized carbons (Fsp3) is 0.120. The lowest BCUT2D eigenvalue weighted by molar-refractivity contribution is -0.115. The van der Waals surface area contributed by atoms with E-state index in [1.54, 1.807) is 12.1 Å². The van der Waals surface area contributed by atoms with Gasteiger partial charge in [0.1, 0.15) is 34.3 Å². The Morgan fingerprint density at radius 3 is 2.58 bits per heavy atom. The highest BCUT2D eigenvalue weighted by Crippen LogP contribution is 2.38. The third kappa shape index (κ3) is 4.25. The van der Waals surface area contributed by atoms with Crippen molar-refractivity contribution in [2.45, 2.75) is 23.6 Å². The zero-order valence-electron chi connectivity index (χ0n) is 17.7. The van der Waals surface area contributed by atoms with E-state index in [-0.39, 0.29) is 33.4 Å². The average molecular weight is 454 g/mol. The molecule has 1 amide bonds. The van der Waals surface area contributed by atoms with Gasteiger partial charge >= 0.3 is 0 Å². The number of nitrogen functional groups attached to an aromatic ring is 1. The summed E-state index contributed by atoms with van der Waals surface area (Å²) in [6.07, 6.45) is 1.94. The summed E-state index contributed by atoms with van der Waals surface area (Å²) >= 11 is 1.14. The van der Waals surface area contributed by atoms with E-state index >= 15 is 0 Å². The van der Waals surface area contributed by atoms with Gasteiger partial charge in [-0.3, -0.25) is 4.79 Å². The van der Waals surface area contributed by atoms with Gasteiger partial charge in [0.25, 0.3) is 0 Å². The van der Waals surface area contributed by atoms with Crippen molar-refractivity contribution in [2.75, 3.05) is 11.1 Å². The van der Waals surface area contributed by atoms with Crippen LogP contribution in [0.15, 0.2) is 70.3 Å². The standard InChI is InChI=1S/C25H19N5O2S/c1-2-21(24(31)29-19-10-5-8-15-7-3-4-9-16(15)19)33-25-18(14-27)22(20-11-6-12-32-20)17(13-26)23(28)30-25/h3-12,21H,2H2,1H3,(H2,28,30)(H,29,31). The Hall–Kier alpha value is -4.27. The quantitative estimate of drug-likeness (QED) is 0.377.